The molecule has 4 aromatic rings. The van der Waals surface area contributed by atoms with Crippen LogP contribution in [0.25, 0.3) is 11.4 Å². The minimum absolute atomic E-state index is 0.0655. The fourth-order valence-corrected chi connectivity index (χ4v) is 5.25. The first kappa shape index (κ1) is 24.8. The number of carbonyl (C=O) groups excluding carboxylic acids is 1. The third-order valence-corrected chi connectivity index (χ3v) is 7.25. The first-order valence-electron chi connectivity index (χ1n) is 13.0. The molecule has 5 rings (SSSR count). The van der Waals surface area contributed by atoms with Crippen LogP contribution >= 0.6 is 0 Å². The molecule has 37 heavy (non-hydrogen) atoms. The summed E-state index contributed by atoms with van der Waals surface area (Å²) in [6.45, 7) is 7.09. The van der Waals surface area contributed by atoms with Gasteiger partial charge >= 0.3 is 0 Å². The summed E-state index contributed by atoms with van der Waals surface area (Å²) in [5.41, 5.74) is 6.64. The molecule has 0 radical (unpaired) electrons. The maximum atomic E-state index is 12.9. The first-order chi connectivity index (χ1) is 18.1. The SMILES string of the molecule is CCN(CC)C(=O)c1ccc(C2c3ccc(OC)cc3CCN2Cc2cnc(-c3ccccc3)[nH]2)cc1. The van der Waals surface area contributed by atoms with Gasteiger partial charge in [-0.2, -0.15) is 0 Å². The Morgan fingerprint density at radius 1 is 1.05 bits per heavy atom. The standard InChI is InChI=1S/C31H34N4O2/c1-4-34(5-2)31(36)24-13-11-22(12-14-24)29-28-16-15-27(37-3)19-25(28)17-18-35(29)21-26-20-32-30(33-26)23-9-7-6-8-10-23/h6-16,19-20,29H,4-5,17-18,21H2,1-3H3,(H,32,33). The lowest BCUT2D eigenvalue weighted by atomic mass is 9.87. The highest BCUT2D eigenvalue weighted by Gasteiger charge is 2.30. The molecule has 1 N–H and O–H groups in total. The fraction of sp³-hybridized carbons (Fsp3) is 0.290. The zero-order valence-corrected chi connectivity index (χ0v) is 21.8. The average Bonchev–Trinajstić information content (AvgIpc) is 3.42. The number of nitrogens with zero attached hydrogens (tertiary/aromatic N) is 3. The van der Waals surface area contributed by atoms with E-state index >= 15 is 0 Å². The molecule has 6 nitrogen and oxygen atoms in total. The first-order valence-corrected chi connectivity index (χ1v) is 13.0. The molecule has 0 aliphatic carbocycles. The molecule has 1 aliphatic rings. The van der Waals surface area contributed by atoms with Crippen molar-refractivity contribution in [2.45, 2.75) is 32.9 Å². The average molecular weight is 495 g/mol. The molecule has 0 fully saturated rings. The summed E-state index contributed by atoms with van der Waals surface area (Å²) in [6.07, 6.45) is 2.88. The molecule has 1 amide bonds. The van der Waals surface area contributed by atoms with Crippen LogP contribution in [0.5, 0.6) is 5.75 Å². The Hall–Kier alpha value is -3.90. The molecule has 0 spiro atoms. The molecule has 190 valence electrons. The number of methoxy groups -OCH3 is 1. The van der Waals surface area contributed by atoms with Gasteiger partial charge in [-0.05, 0) is 61.2 Å². The zero-order valence-electron chi connectivity index (χ0n) is 21.8. The molecule has 1 atom stereocenters. The number of nitrogens with one attached hydrogen (secondary N) is 1. The van der Waals surface area contributed by atoms with E-state index in [2.05, 4.69) is 51.3 Å². The van der Waals surface area contributed by atoms with Crippen molar-refractivity contribution in [2.24, 2.45) is 0 Å². The zero-order chi connectivity index (χ0) is 25.8. The van der Waals surface area contributed by atoms with Gasteiger partial charge in [-0.1, -0.05) is 48.5 Å². The Balaban J connectivity index is 1.46. The number of hydrogen-bond donors (Lipinski definition) is 1. The van der Waals surface area contributed by atoms with E-state index in [1.54, 1.807) is 7.11 Å². The lowest BCUT2D eigenvalue weighted by Crippen LogP contribution is -2.36. The number of imidazole rings is 1. The highest BCUT2D eigenvalue weighted by atomic mass is 16.5. The van der Waals surface area contributed by atoms with Gasteiger partial charge in [0.1, 0.15) is 11.6 Å². The Kier molecular flexibility index (Phi) is 7.37. The van der Waals surface area contributed by atoms with E-state index in [-0.39, 0.29) is 11.9 Å². The summed E-state index contributed by atoms with van der Waals surface area (Å²) in [5, 5.41) is 0. The number of rotatable bonds is 8. The van der Waals surface area contributed by atoms with Crippen molar-refractivity contribution in [3.63, 3.8) is 0 Å². The number of carbonyl (C=O) groups is 1. The number of aromatic amines is 1. The predicted octanol–water partition coefficient (Wildman–Crippen LogP) is 5.72. The van der Waals surface area contributed by atoms with Crippen molar-refractivity contribution >= 4 is 5.91 Å². The van der Waals surface area contributed by atoms with Crippen LogP contribution < -0.4 is 4.74 Å². The molecule has 0 saturated carbocycles. The van der Waals surface area contributed by atoms with E-state index in [4.69, 9.17) is 4.74 Å². The largest absolute Gasteiger partial charge is 0.497 e. The van der Waals surface area contributed by atoms with Crippen LogP contribution in [0.3, 0.4) is 0 Å². The van der Waals surface area contributed by atoms with Crippen LogP contribution in [-0.2, 0) is 13.0 Å². The molecule has 0 bridgehead atoms. The molecule has 6 heteroatoms. The van der Waals surface area contributed by atoms with Crippen LogP contribution in [0.4, 0.5) is 0 Å². The van der Waals surface area contributed by atoms with E-state index in [9.17, 15) is 4.79 Å². The van der Waals surface area contributed by atoms with Gasteiger partial charge in [0.05, 0.1) is 13.2 Å². The number of amides is 1. The minimum atomic E-state index is 0.0655. The van der Waals surface area contributed by atoms with E-state index < -0.39 is 0 Å². The number of aromatic nitrogens is 2. The monoisotopic (exact) mass is 494 g/mol. The molecule has 1 aromatic heterocycles. The van der Waals surface area contributed by atoms with E-state index in [0.717, 1.165) is 47.9 Å². The van der Waals surface area contributed by atoms with Gasteiger partial charge in [-0.25, -0.2) is 4.98 Å². The van der Waals surface area contributed by atoms with Crippen LogP contribution in [0.15, 0.2) is 79.0 Å². The van der Waals surface area contributed by atoms with Gasteiger partial charge < -0.3 is 14.6 Å². The van der Waals surface area contributed by atoms with Crippen molar-refractivity contribution in [2.75, 3.05) is 26.7 Å². The quantitative estimate of drug-likeness (QED) is 0.341. The lowest BCUT2D eigenvalue weighted by Gasteiger charge is -2.37. The summed E-state index contributed by atoms with van der Waals surface area (Å²) in [7, 11) is 1.71. The summed E-state index contributed by atoms with van der Waals surface area (Å²) < 4.78 is 5.51. The smallest absolute Gasteiger partial charge is 0.253 e. The van der Waals surface area contributed by atoms with Gasteiger partial charge in [0.15, 0.2) is 0 Å². The molecule has 2 heterocycles. The van der Waals surface area contributed by atoms with Gasteiger partial charge in [-0.15, -0.1) is 0 Å². The molecule has 1 aliphatic heterocycles. The van der Waals surface area contributed by atoms with Crippen LogP contribution in [0.2, 0.25) is 0 Å². The summed E-state index contributed by atoms with van der Waals surface area (Å²) in [6, 6.07) is 24.8. The summed E-state index contributed by atoms with van der Waals surface area (Å²) in [4.78, 5) is 25.4. The number of H-pyrrole nitrogens is 1. The lowest BCUT2D eigenvalue weighted by molar-refractivity contribution is 0.0773. The second-order valence-corrected chi connectivity index (χ2v) is 9.41. The highest BCUT2D eigenvalue weighted by molar-refractivity contribution is 5.94. The Bertz CT molecular complexity index is 1340. The van der Waals surface area contributed by atoms with Crippen molar-refractivity contribution < 1.29 is 9.53 Å². The van der Waals surface area contributed by atoms with E-state index in [0.29, 0.717) is 13.1 Å². The van der Waals surface area contributed by atoms with Crippen molar-refractivity contribution in [1.82, 2.24) is 19.8 Å². The summed E-state index contributed by atoms with van der Waals surface area (Å²) >= 11 is 0. The molecule has 0 saturated heterocycles. The van der Waals surface area contributed by atoms with Gasteiger partial charge in [0.25, 0.3) is 5.91 Å². The fourth-order valence-electron chi connectivity index (χ4n) is 5.25. The number of benzene rings is 3. The van der Waals surface area contributed by atoms with Crippen LogP contribution in [0.1, 0.15) is 52.6 Å². The third kappa shape index (κ3) is 5.16. The normalized spacial score (nSPS) is 15.3. The Morgan fingerprint density at radius 2 is 1.81 bits per heavy atom. The van der Waals surface area contributed by atoms with Crippen molar-refractivity contribution in [1.29, 1.82) is 0 Å². The summed E-state index contributed by atoms with van der Waals surface area (Å²) in [5.74, 6) is 1.84. The molecule has 1 unspecified atom stereocenters. The van der Waals surface area contributed by atoms with Crippen LogP contribution in [0, 0.1) is 0 Å². The number of fused-ring (bicyclic) bond motifs is 1. The minimum Gasteiger partial charge on any atom is -0.497 e. The van der Waals surface area contributed by atoms with Gasteiger partial charge in [0, 0.05) is 49.2 Å². The second-order valence-electron chi connectivity index (χ2n) is 9.41. The molecule has 3 aromatic carbocycles. The topological polar surface area (TPSA) is 61.5 Å². The molecular formula is C31H34N4O2. The Morgan fingerprint density at radius 3 is 2.51 bits per heavy atom. The number of hydrogen-bond acceptors (Lipinski definition) is 4. The van der Waals surface area contributed by atoms with E-state index in [1.807, 2.05) is 61.3 Å². The maximum absolute atomic E-state index is 12.9. The number of ether oxygens (including phenoxy) is 1. The van der Waals surface area contributed by atoms with E-state index in [1.165, 1.54) is 16.7 Å². The highest BCUT2D eigenvalue weighted by Crippen LogP contribution is 2.37. The maximum Gasteiger partial charge on any atom is 0.253 e. The second kappa shape index (κ2) is 11.0. The van der Waals surface area contributed by atoms with Crippen molar-refractivity contribution in [3.8, 4) is 17.1 Å². The third-order valence-electron chi connectivity index (χ3n) is 7.25. The van der Waals surface area contributed by atoms with Crippen LogP contribution in [-0.4, -0.2) is 52.4 Å². The predicted molar refractivity (Wildman–Crippen MR) is 147 cm³/mol. The Labute approximate surface area is 218 Å². The van der Waals surface area contributed by atoms with Gasteiger partial charge in [0.2, 0.25) is 0 Å². The van der Waals surface area contributed by atoms with Gasteiger partial charge in [-0.3, -0.25) is 9.69 Å². The van der Waals surface area contributed by atoms with Crippen molar-refractivity contribution in [3.05, 3.63) is 107 Å². The molecular weight excluding hydrogens is 460 g/mol.